The van der Waals surface area contributed by atoms with Crippen molar-refractivity contribution in [2.75, 3.05) is 17.2 Å². The number of Topliss-reactive ketones (excluding diaryl/α,β-unsaturated/α-hetero) is 1. The van der Waals surface area contributed by atoms with Gasteiger partial charge in [-0.05, 0) is 61.9 Å². The van der Waals surface area contributed by atoms with Crippen molar-refractivity contribution in [3.05, 3.63) is 65.9 Å². The van der Waals surface area contributed by atoms with E-state index >= 15 is 0 Å². The summed E-state index contributed by atoms with van der Waals surface area (Å²) in [4.78, 5) is 29.9. The van der Waals surface area contributed by atoms with Crippen LogP contribution in [0.1, 0.15) is 55.1 Å². The standard InChI is InChI=1S/C26H30N2O5S/c1-4-5-6-17-33-23-12-9-20(10-13-23)25(29)15-16-26(30)28(34(3,31)32)22-11-14-24-21(18-22)8-7-19(2)27-24/h7-14,18H,4-6,15-17H2,1-3H3. The summed E-state index contributed by atoms with van der Waals surface area (Å²) in [6, 6.07) is 15.3. The van der Waals surface area contributed by atoms with Crippen LogP contribution in [0.2, 0.25) is 0 Å². The molecule has 0 spiro atoms. The molecule has 2 aromatic carbocycles. The Balaban J connectivity index is 1.67. The van der Waals surface area contributed by atoms with Gasteiger partial charge in [0.05, 0.1) is 24.1 Å². The Hall–Kier alpha value is -3.26. The van der Waals surface area contributed by atoms with Crippen LogP contribution >= 0.6 is 0 Å². The van der Waals surface area contributed by atoms with Gasteiger partial charge >= 0.3 is 0 Å². The van der Waals surface area contributed by atoms with Crippen molar-refractivity contribution < 1.29 is 22.7 Å². The second kappa shape index (κ2) is 11.2. The first-order valence-corrected chi connectivity index (χ1v) is 13.2. The van der Waals surface area contributed by atoms with E-state index in [1.807, 2.05) is 19.1 Å². The molecule has 7 nitrogen and oxygen atoms in total. The molecule has 0 bridgehead atoms. The molecule has 180 valence electrons. The van der Waals surface area contributed by atoms with Gasteiger partial charge in [0, 0.05) is 29.5 Å². The second-order valence-corrected chi connectivity index (χ2v) is 10.1. The molecule has 0 unspecified atom stereocenters. The summed E-state index contributed by atoms with van der Waals surface area (Å²) in [6.45, 7) is 4.62. The number of nitrogens with zero attached hydrogens (tertiary/aromatic N) is 2. The minimum atomic E-state index is -3.89. The van der Waals surface area contributed by atoms with Crippen molar-refractivity contribution >= 4 is 38.3 Å². The number of ether oxygens (including phenoxy) is 1. The molecule has 0 N–H and O–H groups in total. The van der Waals surface area contributed by atoms with Crippen LogP contribution in [0.3, 0.4) is 0 Å². The second-order valence-electron chi connectivity index (χ2n) is 8.25. The van der Waals surface area contributed by atoms with Gasteiger partial charge in [-0.25, -0.2) is 12.7 Å². The van der Waals surface area contributed by atoms with Crippen LogP contribution in [0.4, 0.5) is 5.69 Å². The zero-order chi connectivity index (χ0) is 24.7. The van der Waals surface area contributed by atoms with Gasteiger partial charge in [0.2, 0.25) is 15.9 Å². The average Bonchev–Trinajstić information content (AvgIpc) is 2.80. The van der Waals surface area contributed by atoms with E-state index in [4.69, 9.17) is 4.74 Å². The fraction of sp³-hybridized carbons (Fsp3) is 0.346. The minimum Gasteiger partial charge on any atom is -0.494 e. The fourth-order valence-corrected chi connectivity index (χ4v) is 4.56. The SMILES string of the molecule is CCCCCOc1ccc(C(=O)CCC(=O)N(c2ccc3nc(C)ccc3c2)S(C)(=O)=O)cc1. The molecule has 0 saturated heterocycles. The Morgan fingerprint density at radius 1 is 0.971 bits per heavy atom. The molecule has 3 rings (SSSR count). The lowest BCUT2D eigenvalue weighted by Gasteiger charge is -2.20. The molecule has 0 aliphatic rings. The van der Waals surface area contributed by atoms with Gasteiger partial charge in [0.25, 0.3) is 0 Å². The van der Waals surface area contributed by atoms with Crippen molar-refractivity contribution in [1.29, 1.82) is 0 Å². The zero-order valence-corrected chi connectivity index (χ0v) is 20.6. The van der Waals surface area contributed by atoms with Gasteiger partial charge in [-0.1, -0.05) is 25.8 Å². The summed E-state index contributed by atoms with van der Waals surface area (Å²) >= 11 is 0. The smallest absolute Gasteiger partial charge is 0.241 e. The van der Waals surface area contributed by atoms with Gasteiger partial charge in [-0.2, -0.15) is 0 Å². The quantitative estimate of drug-likeness (QED) is 0.280. The van der Waals surface area contributed by atoms with E-state index in [1.165, 1.54) is 0 Å². The number of carbonyl (C=O) groups excluding carboxylic acids is 2. The first-order valence-electron chi connectivity index (χ1n) is 11.4. The molecule has 0 aliphatic heterocycles. The maximum Gasteiger partial charge on any atom is 0.241 e. The molecule has 0 radical (unpaired) electrons. The van der Waals surface area contributed by atoms with Crippen LogP contribution in [-0.4, -0.2) is 38.0 Å². The molecule has 0 fully saturated rings. The lowest BCUT2D eigenvalue weighted by molar-refractivity contribution is -0.117. The largest absolute Gasteiger partial charge is 0.494 e. The third-order valence-electron chi connectivity index (χ3n) is 5.36. The van der Waals surface area contributed by atoms with Crippen molar-refractivity contribution in [2.45, 2.75) is 46.0 Å². The topological polar surface area (TPSA) is 93.6 Å². The highest BCUT2D eigenvalue weighted by molar-refractivity contribution is 7.92. The van der Waals surface area contributed by atoms with Crippen molar-refractivity contribution in [2.24, 2.45) is 0 Å². The van der Waals surface area contributed by atoms with Crippen LogP contribution in [0.25, 0.3) is 10.9 Å². The molecule has 0 atom stereocenters. The molecule has 8 heteroatoms. The van der Waals surface area contributed by atoms with E-state index in [1.54, 1.807) is 42.5 Å². The molecule has 0 saturated carbocycles. The van der Waals surface area contributed by atoms with Gasteiger partial charge in [-0.3, -0.25) is 14.6 Å². The number of hydrogen-bond donors (Lipinski definition) is 0. The average molecular weight is 483 g/mol. The summed E-state index contributed by atoms with van der Waals surface area (Å²) in [5.74, 6) is -0.211. The van der Waals surface area contributed by atoms with E-state index in [0.29, 0.717) is 23.4 Å². The Morgan fingerprint density at radius 3 is 2.38 bits per heavy atom. The van der Waals surface area contributed by atoms with E-state index in [0.717, 1.165) is 40.9 Å². The summed E-state index contributed by atoms with van der Waals surface area (Å²) < 4.78 is 31.3. The zero-order valence-electron chi connectivity index (χ0n) is 19.8. The predicted octanol–water partition coefficient (Wildman–Crippen LogP) is 5.07. The number of unbranched alkanes of at least 4 members (excludes halogenated alkanes) is 2. The lowest BCUT2D eigenvalue weighted by Crippen LogP contribution is -2.36. The minimum absolute atomic E-state index is 0.101. The number of ketones is 1. The maximum absolute atomic E-state index is 12.9. The number of carbonyl (C=O) groups is 2. The summed E-state index contributed by atoms with van der Waals surface area (Å²) in [5.41, 5.74) is 2.22. The van der Waals surface area contributed by atoms with Crippen LogP contribution in [-0.2, 0) is 14.8 Å². The first kappa shape index (κ1) is 25.4. The van der Waals surface area contributed by atoms with Gasteiger partial charge < -0.3 is 4.74 Å². The molecular weight excluding hydrogens is 452 g/mol. The summed E-state index contributed by atoms with van der Waals surface area (Å²) in [7, 11) is -3.89. The number of pyridine rings is 1. The van der Waals surface area contributed by atoms with Crippen LogP contribution in [0, 0.1) is 6.92 Å². The Kier molecular flexibility index (Phi) is 8.39. The normalized spacial score (nSPS) is 11.4. The van der Waals surface area contributed by atoms with Crippen molar-refractivity contribution in [1.82, 2.24) is 4.98 Å². The molecule has 3 aromatic rings. The molecule has 0 aliphatic carbocycles. The number of hydrogen-bond acceptors (Lipinski definition) is 6. The molecule has 1 aromatic heterocycles. The number of fused-ring (bicyclic) bond motifs is 1. The highest BCUT2D eigenvalue weighted by Gasteiger charge is 2.26. The van der Waals surface area contributed by atoms with Crippen LogP contribution in [0.15, 0.2) is 54.6 Å². The summed E-state index contributed by atoms with van der Waals surface area (Å²) in [5, 5.41) is 0.720. The first-order chi connectivity index (χ1) is 16.2. The van der Waals surface area contributed by atoms with Crippen molar-refractivity contribution in [3.63, 3.8) is 0 Å². The van der Waals surface area contributed by atoms with Gasteiger partial charge in [-0.15, -0.1) is 0 Å². The Labute approximate surface area is 200 Å². The van der Waals surface area contributed by atoms with Crippen molar-refractivity contribution in [3.8, 4) is 5.75 Å². The highest BCUT2D eigenvalue weighted by atomic mass is 32.2. The van der Waals surface area contributed by atoms with E-state index < -0.39 is 15.9 Å². The summed E-state index contributed by atoms with van der Waals surface area (Å²) in [6.07, 6.45) is 3.84. The highest BCUT2D eigenvalue weighted by Crippen LogP contribution is 2.25. The third kappa shape index (κ3) is 6.63. The van der Waals surface area contributed by atoms with Crippen LogP contribution < -0.4 is 9.04 Å². The number of aryl methyl sites for hydroxylation is 1. The van der Waals surface area contributed by atoms with Crippen LogP contribution in [0.5, 0.6) is 5.75 Å². The fourth-order valence-electron chi connectivity index (χ4n) is 3.61. The number of aromatic nitrogens is 1. The van der Waals surface area contributed by atoms with E-state index in [9.17, 15) is 18.0 Å². The number of rotatable bonds is 11. The monoisotopic (exact) mass is 482 g/mol. The number of benzene rings is 2. The predicted molar refractivity (Wildman–Crippen MR) is 134 cm³/mol. The Bertz CT molecular complexity index is 1270. The lowest BCUT2D eigenvalue weighted by atomic mass is 10.1. The maximum atomic E-state index is 12.9. The van der Waals surface area contributed by atoms with Gasteiger partial charge in [0.15, 0.2) is 5.78 Å². The number of amides is 1. The Morgan fingerprint density at radius 2 is 1.71 bits per heavy atom. The van der Waals surface area contributed by atoms with E-state index in [2.05, 4.69) is 11.9 Å². The number of sulfonamides is 1. The molecule has 1 amide bonds. The molecule has 1 heterocycles. The third-order valence-corrected chi connectivity index (χ3v) is 6.44. The molecular formula is C26H30N2O5S. The number of anilines is 1. The van der Waals surface area contributed by atoms with Gasteiger partial charge in [0.1, 0.15) is 5.75 Å². The van der Waals surface area contributed by atoms with E-state index in [-0.39, 0.29) is 24.3 Å². The molecule has 34 heavy (non-hydrogen) atoms.